The molecule has 0 heterocycles. The fraction of sp³-hybridized carbons (Fsp3) is 0.533. The Kier molecular flexibility index (Phi) is 7.17. The lowest BCUT2D eigenvalue weighted by Crippen LogP contribution is -2.39. The molecule has 0 aliphatic heterocycles. The molecule has 0 spiro atoms. The first kappa shape index (κ1) is 18.3. The van der Waals surface area contributed by atoms with Gasteiger partial charge in [0.2, 0.25) is 0 Å². The molecular weight excluding hydrogens is 302 g/mol. The van der Waals surface area contributed by atoms with Crippen molar-refractivity contribution in [3.05, 3.63) is 29.8 Å². The van der Waals surface area contributed by atoms with Crippen molar-refractivity contribution in [2.24, 2.45) is 4.99 Å². The highest BCUT2D eigenvalue weighted by Gasteiger charge is 2.07. The molecule has 7 heteroatoms. The molecule has 0 aromatic heterocycles. The molecule has 22 heavy (non-hydrogen) atoms. The summed E-state index contributed by atoms with van der Waals surface area (Å²) in [6.45, 7) is 1.28. The van der Waals surface area contributed by atoms with Crippen molar-refractivity contribution in [2.45, 2.75) is 13.0 Å². The summed E-state index contributed by atoms with van der Waals surface area (Å²) in [6.07, 6.45) is 1.81. The largest absolute Gasteiger partial charge is 0.497 e. The molecule has 1 N–H and O–H groups in total. The summed E-state index contributed by atoms with van der Waals surface area (Å²) in [7, 11) is 2.39. The van der Waals surface area contributed by atoms with Crippen molar-refractivity contribution < 1.29 is 13.2 Å². The van der Waals surface area contributed by atoms with Crippen molar-refractivity contribution in [3.63, 3.8) is 0 Å². The molecule has 0 atom stereocenters. The van der Waals surface area contributed by atoms with Crippen LogP contribution in [0.15, 0.2) is 29.3 Å². The van der Waals surface area contributed by atoms with Crippen LogP contribution < -0.4 is 10.1 Å². The van der Waals surface area contributed by atoms with Gasteiger partial charge in [-0.1, -0.05) is 12.1 Å². The zero-order chi connectivity index (χ0) is 16.6. The molecule has 1 aromatic rings. The summed E-state index contributed by atoms with van der Waals surface area (Å²) >= 11 is 0. The number of rotatable bonds is 7. The maximum Gasteiger partial charge on any atom is 0.193 e. The lowest BCUT2D eigenvalue weighted by molar-refractivity contribution is 0.414. The Balaban J connectivity index is 2.48. The van der Waals surface area contributed by atoms with E-state index in [4.69, 9.17) is 4.74 Å². The van der Waals surface area contributed by atoms with E-state index in [-0.39, 0.29) is 5.75 Å². The zero-order valence-corrected chi connectivity index (χ0v) is 14.5. The van der Waals surface area contributed by atoms with Gasteiger partial charge >= 0.3 is 0 Å². The van der Waals surface area contributed by atoms with Crippen LogP contribution in [0, 0.1) is 0 Å². The van der Waals surface area contributed by atoms with Crippen LogP contribution in [0.5, 0.6) is 5.75 Å². The van der Waals surface area contributed by atoms with Crippen molar-refractivity contribution in [3.8, 4) is 5.75 Å². The second-order valence-electron chi connectivity index (χ2n) is 5.16. The lowest BCUT2D eigenvalue weighted by Gasteiger charge is -2.22. The van der Waals surface area contributed by atoms with E-state index >= 15 is 0 Å². The summed E-state index contributed by atoms with van der Waals surface area (Å²) in [5.74, 6) is 1.75. The first-order valence-corrected chi connectivity index (χ1v) is 9.14. The Labute approximate surface area is 133 Å². The van der Waals surface area contributed by atoms with E-state index in [1.165, 1.54) is 6.26 Å². The van der Waals surface area contributed by atoms with Gasteiger partial charge in [-0.2, -0.15) is 0 Å². The fourth-order valence-corrected chi connectivity index (χ4v) is 2.67. The number of sulfone groups is 1. The molecule has 0 amide bonds. The summed E-state index contributed by atoms with van der Waals surface area (Å²) in [4.78, 5) is 6.20. The minimum atomic E-state index is -2.91. The van der Waals surface area contributed by atoms with E-state index < -0.39 is 9.84 Å². The van der Waals surface area contributed by atoms with E-state index in [9.17, 15) is 8.42 Å². The van der Waals surface area contributed by atoms with Gasteiger partial charge < -0.3 is 15.0 Å². The van der Waals surface area contributed by atoms with E-state index in [1.807, 2.05) is 36.2 Å². The summed E-state index contributed by atoms with van der Waals surface area (Å²) < 4.78 is 27.3. The molecule has 6 nitrogen and oxygen atoms in total. The number of ether oxygens (including phenoxy) is 1. The molecule has 0 saturated heterocycles. The van der Waals surface area contributed by atoms with Gasteiger partial charge in [-0.05, 0) is 24.1 Å². The van der Waals surface area contributed by atoms with E-state index in [2.05, 4.69) is 10.3 Å². The lowest BCUT2D eigenvalue weighted by atomic mass is 10.2. The molecule has 0 saturated carbocycles. The molecule has 0 unspecified atom stereocenters. The summed E-state index contributed by atoms with van der Waals surface area (Å²) in [5.41, 5.74) is 1.14. The van der Waals surface area contributed by atoms with Gasteiger partial charge in [0.25, 0.3) is 0 Å². The van der Waals surface area contributed by atoms with Crippen LogP contribution in [0.1, 0.15) is 12.0 Å². The Morgan fingerprint density at radius 3 is 2.45 bits per heavy atom. The molecule has 0 fully saturated rings. The van der Waals surface area contributed by atoms with Gasteiger partial charge in [0.05, 0.1) is 12.9 Å². The number of guanidine groups is 1. The number of methoxy groups -OCH3 is 1. The van der Waals surface area contributed by atoms with E-state index in [1.54, 1.807) is 14.2 Å². The van der Waals surface area contributed by atoms with Crippen LogP contribution in [0.4, 0.5) is 0 Å². The van der Waals surface area contributed by atoms with Gasteiger partial charge in [-0.3, -0.25) is 4.99 Å². The fourth-order valence-electron chi connectivity index (χ4n) is 2.00. The van der Waals surface area contributed by atoms with E-state index in [0.717, 1.165) is 17.3 Å². The SMILES string of the molecule is CN=C(NCCCS(C)(=O)=O)N(C)Cc1ccc(OC)cc1. The Morgan fingerprint density at radius 1 is 1.32 bits per heavy atom. The minimum Gasteiger partial charge on any atom is -0.497 e. The van der Waals surface area contributed by atoms with Crippen LogP contribution in [-0.4, -0.2) is 59.0 Å². The van der Waals surface area contributed by atoms with Crippen molar-refractivity contribution in [1.29, 1.82) is 0 Å². The standard InChI is InChI=1S/C15H25N3O3S/c1-16-15(17-10-5-11-22(4,19)20)18(2)12-13-6-8-14(21-3)9-7-13/h6-9H,5,10-12H2,1-4H3,(H,16,17). The number of benzene rings is 1. The average molecular weight is 327 g/mol. The summed E-state index contributed by atoms with van der Waals surface area (Å²) in [5, 5.41) is 3.17. The first-order chi connectivity index (χ1) is 10.4. The molecule has 1 aromatic carbocycles. The van der Waals surface area contributed by atoms with E-state index in [0.29, 0.717) is 19.5 Å². The molecular formula is C15H25N3O3S. The predicted molar refractivity (Wildman–Crippen MR) is 90.2 cm³/mol. The quantitative estimate of drug-likeness (QED) is 0.462. The predicted octanol–water partition coefficient (Wildman–Crippen LogP) is 1.14. The third-order valence-electron chi connectivity index (χ3n) is 3.13. The third kappa shape index (κ3) is 6.80. The van der Waals surface area contributed by atoms with Crippen LogP contribution in [0.25, 0.3) is 0 Å². The highest BCUT2D eigenvalue weighted by molar-refractivity contribution is 7.90. The molecule has 0 bridgehead atoms. The monoisotopic (exact) mass is 327 g/mol. The number of aliphatic imine (C=N–C) groups is 1. The van der Waals surface area contributed by atoms with Gasteiger partial charge in [0.15, 0.2) is 5.96 Å². The molecule has 0 aliphatic rings. The second-order valence-corrected chi connectivity index (χ2v) is 7.42. The van der Waals surface area contributed by atoms with Crippen LogP contribution in [0.3, 0.4) is 0 Å². The van der Waals surface area contributed by atoms with Gasteiger partial charge in [0, 0.05) is 33.4 Å². The Morgan fingerprint density at radius 2 is 1.95 bits per heavy atom. The smallest absolute Gasteiger partial charge is 0.193 e. The normalized spacial score (nSPS) is 12.1. The van der Waals surface area contributed by atoms with Gasteiger partial charge in [-0.25, -0.2) is 8.42 Å². The molecule has 0 radical (unpaired) electrons. The number of hydrogen-bond donors (Lipinski definition) is 1. The Bertz CT molecular complexity index is 583. The van der Waals surface area contributed by atoms with Crippen LogP contribution >= 0.6 is 0 Å². The van der Waals surface area contributed by atoms with Crippen molar-refractivity contribution in [2.75, 3.05) is 39.8 Å². The third-order valence-corrected chi connectivity index (χ3v) is 4.16. The minimum absolute atomic E-state index is 0.180. The van der Waals surface area contributed by atoms with Crippen LogP contribution in [-0.2, 0) is 16.4 Å². The summed E-state index contributed by atoms with van der Waals surface area (Å²) in [6, 6.07) is 7.86. The molecule has 124 valence electrons. The van der Waals surface area contributed by atoms with Crippen molar-refractivity contribution in [1.82, 2.24) is 10.2 Å². The van der Waals surface area contributed by atoms with Crippen molar-refractivity contribution >= 4 is 15.8 Å². The maximum atomic E-state index is 11.1. The number of nitrogens with one attached hydrogen (secondary N) is 1. The average Bonchev–Trinajstić information content (AvgIpc) is 2.47. The second kappa shape index (κ2) is 8.63. The molecule has 1 rings (SSSR count). The highest BCUT2D eigenvalue weighted by Crippen LogP contribution is 2.12. The highest BCUT2D eigenvalue weighted by atomic mass is 32.2. The van der Waals surface area contributed by atoms with Gasteiger partial charge in [0.1, 0.15) is 15.6 Å². The zero-order valence-electron chi connectivity index (χ0n) is 13.7. The van der Waals surface area contributed by atoms with Crippen LogP contribution in [0.2, 0.25) is 0 Å². The first-order valence-electron chi connectivity index (χ1n) is 7.08. The Hall–Kier alpha value is -1.76. The van der Waals surface area contributed by atoms with Gasteiger partial charge in [-0.15, -0.1) is 0 Å². The number of nitrogens with zero attached hydrogens (tertiary/aromatic N) is 2. The maximum absolute atomic E-state index is 11.1. The topological polar surface area (TPSA) is 71.0 Å². The number of hydrogen-bond acceptors (Lipinski definition) is 4. The molecule has 0 aliphatic carbocycles.